The van der Waals surface area contributed by atoms with Crippen LogP contribution in [0.25, 0.3) is 16.6 Å². The monoisotopic (exact) mass is 793 g/mol. The lowest BCUT2D eigenvalue weighted by Gasteiger charge is -2.42. The lowest BCUT2D eigenvalue weighted by molar-refractivity contribution is -0.135. The number of nitrogens with zero attached hydrogens (tertiary/aromatic N) is 8. The van der Waals surface area contributed by atoms with Crippen LogP contribution in [0.1, 0.15) is 75.0 Å². The maximum Gasteiger partial charge on any atom is 0.329 e. The normalized spacial score (nSPS) is 23.3. The van der Waals surface area contributed by atoms with E-state index < -0.39 is 41.8 Å². The van der Waals surface area contributed by atoms with Crippen LogP contribution in [-0.2, 0) is 21.4 Å². The third kappa shape index (κ3) is 7.71. The number of halogens is 3. The summed E-state index contributed by atoms with van der Waals surface area (Å²) >= 11 is 0. The first-order chi connectivity index (χ1) is 27.4. The summed E-state index contributed by atoms with van der Waals surface area (Å²) < 4.78 is 54.4. The van der Waals surface area contributed by atoms with E-state index in [-0.39, 0.29) is 60.4 Å². The molecular formula is C38H46F3N11O5. The Labute approximate surface area is 325 Å². The van der Waals surface area contributed by atoms with E-state index in [0.29, 0.717) is 54.8 Å². The number of aryl methyl sites for hydroxylation is 1. The van der Waals surface area contributed by atoms with E-state index in [0.717, 1.165) is 19.0 Å². The minimum Gasteiger partial charge on any atom is -0.494 e. The SMILES string of the molecule is COc1ccc2c(c1N1CC[C@@H](N(C)CC3CCC(n4cc(NC(=O)/C(=C/N)c5ncccn5)c(C(F)F)n4)CC3)[C@H](F)C1)n(C)c(=O)n2C1CCC(=O)NC1=O. The summed E-state index contributed by atoms with van der Waals surface area (Å²) in [6, 6.07) is 3.63. The zero-order valence-electron chi connectivity index (χ0n) is 31.9. The molecule has 1 saturated carbocycles. The third-order valence-electron chi connectivity index (χ3n) is 11.5. The van der Waals surface area contributed by atoms with Gasteiger partial charge in [0.15, 0.2) is 11.5 Å². The first-order valence-corrected chi connectivity index (χ1v) is 19.0. The predicted molar refractivity (Wildman–Crippen MR) is 204 cm³/mol. The van der Waals surface area contributed by atoms with E-state index in [1.165, 1.54) is 39.5 Å². The van der Waals surface area contributed by atoms with Gasteiger partial charge in [0, 0.05) is 57.4 Å². The number of aromatic nitrogens is 6. The van der Waals surface area contributed by atoms with Gasteiger partial charge >= 0.3 is 5.69 Å². The lowest BCUT2D eigenvalue weighted by atomic mass is 9.85. The van der Waals surface area contributed by atoms with Crippen LogP contribution < -0.4 is 31.7 Å². The van der Waals surface area contributed by atoms with E-state index in [1.54, 1.807) is 25.2 Å². The first kappa shape index (κ1) is 39.5. The molecule has 1 unspecified atom stereocenters. The molecule has 2 saturated heterocycles. The summed E-state index contributed by atoms with van der Waals surface area (Å²) in [4.78, 5) is 63.1. The number of piperidine rings is 2. The fraction of sp³-hybridized carbons (Fsp3) is 0.500. The number of carbonyl (C=O) groups is 3. The highest BCUT2D eigenvalue weighted by molar-refractivity contribution is 6.24. The molecule has 4 N–H and O–H groups in total. The number of carbonyl (C=O) groups excluding carboxylic acids is 3. The Bertz CT molecular complexity index is 2230. The van der Waals surface area contributed by atoms with Crippen LogP contribution in [0.15, 0.2) is 47.8 Å². The van der Waals surface area contributed by atoms with E-state index in [9.17, 15) is 28.0 Å². The maximum atomic E-state index is 16.2. The molecule has 304 valence electrons. The van der Waals surface area contributed by atoms with Gasteiger partial charge in [0.2, 0.25) is 11.8 Å². The Hall–Kier alpha value is -5.72. The molecule has 0 radical (unpaired) electrons. The first-order valence-electron chi connectivity index (χ1n) is 19.0. The summed E-state index contributed by atoms with van der Waals surface area (Å²) in [6.07, 6.45) is 4.87. The molecule has 3 atom stereocenters. The fourth-order valence-corrected chi connectivity index (χ4v) is 8.59. The van der Waals surface area contributed by atoms with Gasteiger partial charge in [-0.25, -0.2) is 27.9 Å². The number of benzene rings is 1. The quantitative estimate of drug-likeness (QED) is 0.149. The third-order valence-corrected chi connectivity index (χ3v) is 11.5. The van der Waals surface area contributed by atoms with E-state index in [2.05, 4.69) is 30.6 Å². The van der Waals surface area contributed by atoms with E-state index in [1.807, 2.05) is 11.9 Å². The van der Waals surface area contributed by atoms with Gasteiger partial charge in [-0.05, 0) is 69.7 Å². The summed E-state index contributed by atoms with van der Waals surface area (Å²) in [6.45, 7) is 1.19. The number of anilines is 2. The number of ether oxygens (including phenoxy) is 1. The van der Waals surface area contributed by atoms with Gasteiger partial charge in [-0.1, -0.05) is 0 Å². The predicted octanol–water partition coefficient (Wildman–Crippen LogP) is 3.47. The molecule has 4 aromatic rings. The van der Waals surface area contributed by atoms with Crippen LogP contribution >= 0.6 is 0 Å². The van der Waals surface area contributed by atoms with E-state index in [4.69, 9.17) is 10.5 Å². The molecule has 2 aliphatic heterocycles. The van der Waals surface area contributed by atoms with Crippen LogP contribution in [0.5, 0.6) is 5.75 Å². The molecule has 3 aliphatic rings. The van der Waals surface area contributed by atoms with Crippen molar-refractivity contribution >= 4 is 45.7 Å². The van der Waals surface area contributed by atoms with Gasteiger partial charge in [-0.15, -0.1) is 0 Å². The topological polar surface area (TPSA) is 188 Å². The summed E-state index contributed by atoms with van der Waals surface area (Å²) in [5, 5.41) is 8.99. The molecule has 1 aromatic carbocycles. The van der Waals surface area contributed by atoms with Gasteiger partial charge in [0.1, 0.15) is 23.7 Å². The summed E-state index contributed by atoms with van der Waals surface area (Å²) in [5.41, 5.74) is 6.09. The minimum atomic E-state index is -2.93. The number of nitrogens with one attached hydrogen (secondary N) is 2. The molecule has 16 nitrogen and oxygen atoms in total. The zero-order chi connectivity index (χ0) is 40.5. The maximum absolute atomic E-state index is 16.2. The van der Waals surface area contributed by atoms with Crippen LogP contribution in [-0.4, -0.2) is 97.5 Å². The Morgan fingerprint density at radius 2 is 1.86 bits per heavy atom. The second kappa shape index (κ2) is 16.4. The number of alkyl halides is 3. The van der Waals surface area contributed by atoms with Crippen LogP contribution in [0, 0.1) is 5.92 Å². The van der Waals surface area contributed by atoms with Crippen molar-refractivity contribution in [3.05, 3.63) is 65.0 Å². The van der Waals surface area contributed by atoms with Crippen molar-refractivity contribution in [3.63, 3.8) is 0 Å². The van der Waals surface area contributed by atoms with E-state index >= 15 is 4.39 Å². The van der Waals surface area contributed by atoms with Crippen LogP contribution in [0.3, 0.4) is 0 Å². The number of rotatable bonds is 11. The highest BCUT2D eigenvalue weighted by Gasteiger charge is 2.38. The number of fused-ring (bicyclic) bond motifs is 1. The molecule has 5 heterocycles. The molecule has 0 bridgehead atoms. The van der Waals surface area contributed by atoms with Crippen molar-refractivity contribution in [2.75, 3.05) is 44.0 Å². The Kier molecular flexibility index (Phi) is 11.4. The summed E-state index contributed by atoms with van der Waals surface area (Å²) in [7, 11) is 5.05. The minimum absolute atomic E-state index is 0.0561. The lowest BCUT2D eigenvalue weighted by Crippen LogP contribution is -2.52. The van der Waals surface area contributed by atoms with Crippen LogP contribution in [0.4, 0.5) is 24.5 Å². The smallest absolute Gasteiger partial charge is 0.329 e. The van der Waals surface area contributed by atoms with Gasteiger partial charge in [-0.3, -0.25) is 33.5 Å². The van der Waals surface area contributed by atoms with Crippen molar-refractivity contribution in [2.45, 2.75) is 75.7 Å². The van der Waals surface area contributed by atoms with Crippen molar-refractivity contribution in [1.82, 2.24) is 39.1 Å². The highest BCUT2D eigenvalue weighted by Crippen LogP contribution is 2.40. The Morgan fingerprint density at radius 1 is 1.12 bits per heavy atom. The van der Waals surface area contributed by atoms with Crippen molar-refractivity contribution in [3.8, 4) is 5.75 Å². The molecule has 3 amide bonds. The van der Waals surface area contributed by atoms with Crippen LogP contribution in [0.2, 0.25) is 0 Å². The standard InChI is InChI=1S/C38H46F3N11O5/c1-48(18-21-5-7-22(8-6-21)51-20-25(31(47-51)34(40)41)45-36(54)23(17-42)35-43-14-4-15-44-35)26-13-16-50(19-24(26)39)33-29(57-3)11-9-27-32(33)49(2)38(56)52(27)28-10-12-30(53)46-37(28)55/h4,9,11,14-15,17,20-22,24,26,28,34H,5-8,10,12-13,16,18-19,42H2,1-3H3,(H,45,54)(H,46,53,55)/b23-17+/t21?,22?,24-,26-,28?/m1/s1. The molecule has 0 spiro atoms. The van der Waals surface area contributed by atoms with Gasteiger partial charge < -0.3 is 25.6 Å². The largest absolute Gasteiger partial charge is 0.494 e. The molecule has 3 aromatic heterocycles. The number of nitrogens with two attached hydrogens (primary N) is 1. The number of methoxy groups -OCH3 is 1. The average molecular weight is 794 g/mol. The van der Waals surface area contributed by atoms with Gasteiger partial charge in [0.05, 0.1) is 42.0 Å². The fourth-order valence-electron chi connectivity index (χ4n) is 8.59. The molecule has 7 rings (SSSR count). The number of hydrogen-bond donors (Lipinski definition) is 3. The van der Waals surface area contributed by atoms with Crippen molar-refractivity contribution in [2.24, 2.45) is 18.7 Å². The molecule has 19 heteroatoms. The molecule has 3 fully saturated rings. The van der Waals surface area contributed by atoms with Crippen molar-refractivity contribution < 1.29 is 32.3 Å². The Morgan fingerprint density at radius 3 is 2.51 bits per heavy atom. The number of amides is 3. The second-order valence-electron chi connectivity index (χ2n) is 14.9. The average Bonchev–Trinajstić information content (AvgIpc) is 3.73. The van der Waals surface area contributed by atoms with Crippen molar-refractivity contribution in [1.29, 1.82) is 0 Å². The number of imidazole rings is 1. The second-order valence-corrected chi connectivity index (χ2v) is 14.9. The molecule has 57 heavy (non-hydrogen) atoms. The Balaban J connectivity index is 0.987. The molecular weight excluding hydrogens is 747 g/mol. The molecule has 1 aliphatic carbocycles. The van der Waals surface area contributed by atoms with Gasteiger partial charge in [0.25, 0.3) is 12.3 Å². The van der Waals surface area contributed by atoms with Gasteiger partial charge in [-0.2, -0.15) is 5.10 Å². The number of hydrogen-bond acceptors (Lipinski definition) is 11. The summed E-state index contributed by atoms with van der Waals surface area (Å²) in [5.74, 6) is -0.872. The zero-order valence-corrected chi connectivity index (χ0v) is 31.9. The number of imide groups is 1. The highest BCUT2D eigenvalue weighted by atomic mass is 19.3.